The van der Waals surface area contributed by atoms with Gasteiger partial charge in [0.2, 0.25) is 0 Å². The van der Waals surface area contributed by atoms with Gasteiger partial charge in [0.15, 0.2) is 0 Å². The van der Waals surface area contributed by atoms with Crippen molar-refractivity contribution in [3.8, 4) is 0 Å². The van der Waals surface area contributed by atoms with Gasteiger partial charge in [-0.15, -0.1) is 0 Å². The minimum atomic E-state index is 0.281. The molecule has 0 bridgehead atoms. The van der Waals surface area contributed by atoms with Crippen LogP contribution in [0.1, 0.15) is 91.9 Å². The lowest BCUT2D eigenvalue weighted by atomic mass is 10.1. The maximum absolute atomic E-state index is 5.88. The van der Waals surface area contributed by atoms with Crippen molar-refractivity contribution in [2.24, 2.45) is 0 Å². The standard InChI is InChI=1S/C18H39NO/c1-5-8-9-10-11-12-13-14-15-16-17-20-18(4)19(6-2)7-3/h18H,5-17H2,1-4H3. The van der Waals surface area contributed by atoms with E-state index in [0.29, 0.717) is 0 Å². The first kappa shape index (κ1) is 19.9. The van der Waals surface area contributed by atoms with Gasteiger partial charge in [0.1, 0.15) is 6.23 Å². The normalized spacial score (nSPS) is 13.1. The van der Waals surface area contributed by atoms with Crippen LogP contribution in [0.3, 0.4) is 0 Å². The average Bonchev–Trinajstić information content (AvgIpc) is 2.46. The second-order valence-corrected chi connectivity index (χ2v) is 5.87. The highest BCUT2D eigenvalue weighted by Crippen LogP contribution is 2.11. The highest BCUT2D eigenvalue weighted by molar-refractivity contribution is 4.54. The fourth-order valence-corrected chi connectivity index (χ4v) is 2.69. The largest absolute Gasteiger partial charge is 0.363 e. The first-order chi connectivity index (χ1) is 9.76. The lowest BCUT2D eigenvalue weighted by Crippen LogP contribution is -2.34. The van der Waals surface area contributed by atoms with Crippen LogP contribution < -0.4 is 0 Å². The number of unbranched alkanes of at least 4 members (excludes halogenated alkanes) is 9. The van der Waals surface area contributed by atoms with Crippen LogP contribution >= 0.6 is 0 Å². The van der Waals surface area contributed by atoms with Gasteiger partial charge >= 0.3 is 0 Å². The van der Waals surface area contributed by atoms with Gasteiger partial charge < -0.3 is 4.74 Å². The Hall–Kier alpha value is -0.0800. The van der Waals surface area contributed by atoms with Crippen LogP contribution in [0.5, 0.6) is 0 Å². The molecule has 0 saturated carbocycles. The summed E-state index contributed by atoms with van der Waals surface area (Å²) in [5, 5.41) is 0. The first-order valence-corrected chi connectivity index (χ1v) is 9.11. The Morgan fingerprint density at radius 2 is 1.15 bits per heavy atom. The SMILES string of the molecule is CCCCCCCCCCCCOC(C)N(CC)CC. The molecule has 0 rings (SSSR count). The summed E-state index contributed by atoms with van der Waals surface area (Å²) >= 11 is 0. The minimum absolute atomic E-state index is 0.281. The van der Waals surface area contributed by atoms with Crippen molar-refractivity contribution < 1.29 is 4.74 Å². The molecule has 2 nitrogen and oxygen atoms in total. The van der Waals surface area contributed by atoms with E-state index in [1.807, 2.05) is 0 Å². The molecule has 0 aliphatic carbocycles. The van der Waals surface area contributed by atoms with E-state index in [4.69, 9.17) is 4.74 Å². The van der Waals surface area contributed by atoms with Crippen molar-refractivity contribution in [1.29, 1.82) is 0 Å². The van der Waals surface area contributed by atoms with Gasteiger partial charge in [-0.2, -0.15) is 0 Å². The molecule has 0 heterocycles. The van der Waals surface area contributed by atoms with Gasteiger partial charge in [0, 0.05) is 6.61 Å². The molecular formula is C18H39NO. The van der Waals surface area contributed by atoms with Gasteiger partial charge in [0.25, 0.3) is 0 Å². The Kier molecular flexibility index (Phi) is 15.3. The molecule has 0 amide bonds. The predicted octanol–water partition coefficient (Wildman–Crippen LogP) is 5.61. The Morgan fingerprint density at radius 3 is 1.60 bits per heavy atom. The Bertz CT molecular complexity index is 180. The molecule has 0 radical (unpaired) electrons. The Morgan fingerprint density at radius 1 is 0.700 bits per heavy atom. The minimum Gasteiger partial charge on any atom is -0.363 e. The lowest BCUT2D eigenvalue weighted by molar-refractivity contribution is -0.0439. The van der Waals surface area contributed by atoms with Crippen molar-refractivity contribution >= 4 is 0 Å². The van der Waals surface area contributed by atoms with Crippen molar-refractivity contribution in [1.82, 2.24) is 4.90 Å². The van der Waals surface area contributed by atoms with Crippen LogP contribution in [-0.2, 0) is 4.74 Å². The molecule has 0 aromatic heterocycles. The van der Waals surface area contributed by atoms with Crippen LogP contribution in [-0.4, -0.2) is 30.8 Å². The topological polar surface area (TPSA) is 12.5 Å². The zero-order chi connectivity index (χ0) is 15.1. The monoisotopic (exact) mass is 285 g/mol. The van der Waals surface area contributed by atoms with E-state index in [0.717, 1.165) is 19.7 Å². The highest BCUT2D eigenvalue weighted by atomic mass is 16.5. The summed E-state index contributed by atoms with van der Waals surface area (Å²) in [6, 6.07) is 0. The average molecular weight is 286 g/mol. The molecule has 1 unspecified atom stereocenters. The number of ether oxygens (including phenoxy) is 1. The lowest BCUT2D eigenvalue weighted by Gasteiger charge is -2.26. The van der Waals surface area contributed by atoms with Crippen LogP contribution in [0.4, 0.5) is 0 Å². The van der Waals surface area contributed by atoms with Gasteiger partial charge in [0.05, 0.1) is 0 Å². The summed E-state index contributed by atoms with van der Waals surface area (Å²) < 4.78 is 5.88. The molecule has 20 heavy (non-hydrogen) atoms. The molecular weight excluding hydrogens is 246 g/mol. The fourth-order valence-electron chi connectivity index (χ4n) is 2.69. The number of nitrogens with zero attached hydrogens (tertiary/aromatic N) is 1. The molecule has 0 aromatic carbocycles. The van der Waals surface area contributed by atoms with Gasteiger partial charge in [-0.05, 0) is 26.4 Å². The van der Waals surface area contributed by atoms with Crippen molar-refractivity contribution in [3.63, 3.8) is 0 Å². The van der Waals surface area contributed by atoms with Crippen molar-refractivity contribution in [2.75, 3.05) is 19.7 Å². The highest BCUT2D eigenvalue weighted by Gasteiger charge is 2.08. The summed E-state index contributed by atoms with van der Waals surface area (Å²) in [5.74, 6) is 0. The van der Waals surface area contributed by atoms with E-state index in [1.165, 1.54) is 64.2 Å². The maximum Gasteiger partial charge on any atom is 0.107 e. The molecule has 0 aliphatic heterocycles. The molecule has 0 N–H and O–H groups in total. The predicted molar refractivity (Wildman–Crippen MR) is 90.2 cm³/mol. The summed E-state index contributed by atoms with van der Waals surface area (Å²) in [5.41, 5.74) is 0. The molecule has 0 fully saturated rings. The van der Waals surface area contributed by atoms with Crippen LogP contribution in [0, 0.1) is 0 Å². The molecule has 0 aromatic rings. The van der Waals surface area contributed by atoms with Crippen molar-refractivity contribution in [2.45, 2.75) is 98.1 Å². The molecule has 122 valence electrons. The van der Waals surface area contributed by atoms with Crippen LogP contribution in [0.2, 0.25) is 0 Å². The zero-order valence-corrected chi connectivity index (χ0v) is 14.6. The summed E-state index contributed by atoms with van der Waals surface area (Å²) in [4.78, 5) is 2.36. The second-order valence-electron chi connectivity index (χ2n) is 5.87. The number of rotatable bonds is 15. The third-order valence-corrected chi connectivity index (χ3v) is 4.18. The quantitative estimate of drug-likeness (QED) is 0.286. The van der Waals surface area contributed by atoms with E-state index in [9.17, 15) is 0 Å². The van der Waals surface area contributed by atoms with E-state index in [2.05, 4.69) is 32.6 Å². The Balaban J connectivity index is 3.20. The second kappa shape index (κ2) is 15.3. The maximum atomic E-state index is 5.88. The van der Waals surface area contributed by atoms with Gasteiger partial charge in [-0.1, -0.05) is 78.6 Å². The van der Waals surface area contributed by atoms with Gasteiger partial charge in [-0.3, -0.25) is 4.90 Å². The first-order valence-electron chi connectivity index (χ1n) is 9.11. The zero-order valence-electron chi connectivity index (χ0n) is 14.6. The number of hydrogen-bond acceptors (Lipinski definition) is 2. The molecule has 0 saturated heterocycles. The third kappa shape index (κ3) is 11.7. The summed E-state index contributed by atoms with van der Waals surface area (Å²) in [6.45, 7) is 11.9. The summed E-state index contributed by atoms with van der Waals surface area (Å²) in [7, 11) is 0. The smallest absolute Gasteiger partial charge is 0.107 e. The molecule has 0 spiro atoms. The van der Waals surface area contributed by atoms with Crippen LogP contribution in [0.25, 0.3) is 0 Å². The van der Waals surface area contributed by atoms with E-state index in [-0.39, 0.29) is 6.23 Å². The van der Waals surface area contributed by atoms with E-state index < -0.39 is 0 Å². The fraction of sp³-hybridized carbons (Fsp3) is 1.00. The molecule has 2 heteroatoms. The van der Waals surface area contributed by atoms with Crippen molar-refractivity contribution in [3.05, 3.63) is 0 Å². The van der Waals surface area contributed by atoms with Crippen LogP contribution in [0.15, 0.2) is 0 Å². The van der Waals surface area contributed by atoms with E-state index in [1.54, 1.807) is 0 Å². The molecule has 1 atom stereocenters. The van der Waals surface area contributed by atoms with Gasteiger partial charge in [-0.25, -0.2) is 0 Å². The number of hydrogen-bond donors (Lipinski definition) is 0. The summed E-state index contributed by atoms with van der Waals surface area (Å²) in [6.07, 6.45) is 14.2. The third-order valence-electron chi connectivity index (χ3n) is 4.18. The Labute approximate surface area is 128 Å². The molecule has 0 aliphatic rings. The van der Waals surface area contributed by atoms with E-state index >= 15 is 0 Å².